The smallest absolute Gasteiger partial charge is 0.406 e. The number of aryl methyl sites for hydroxylation is 2. The number of halogens is 3. The molecule has 0 aliphatic carbocycles. The lowest BCUT2D eigenvalue weighted by Crippen LogP contribution is -2.56. The van der Waals surface area contributed by atoms with Gasteiger partial charge in [-0.3, -0.25) is 9.69 Å². The molecule has 6 nitrogen and oxygen atoms in total. The van der Waals surface area contributed by atoms with Crippen LogP contribution >= 0.6 is 0 Å². The van der Waals surface area contributed by atoms with Crippen molar-refractivity contribution in [2.24, 2.45) is 11.1 Å². The van der Waals surface area contributed by atoms with Gasteiger partial charge in [-0.1, -0.05) is 23.4 Å². The Morgan fingerprint density at radius 3 is 2.08 bits per heavy atom. The van der Waals surface area contributed by atoms with E-state index >= 15 is 0 Å². The van der Waals surface area contributed by atoms with Crippen LogP contribution in [-0.4, -0.2) is 66.6 Å². The Labute approximate surface area is 222 Å². The molecular formula is C29H36F3N3O3. The molecule has 9 heteroatoms. The fourth-order valence-electron chi connectivity index (χ4n) is 5.80. The molecule has 2 heterocycles. The van der Waals surface area contributed by atoms with Crippen molar-refractivity contribution < 1.29 is 27.5 Å². The largest absolute Gasteiger partial charge is 0.573 e. The minimum Gasteiger partial charge on any atom is -0.406 e. The summed E-state index contributed by atoms with van der Waals surface area (Å²) in [6.07, 6.45) is -1.17. The SMILES string of the molecule is CO/N=C(\c1ccc(OC(F)(F)F)cc1)C1CCN(C2(C)CCN(C(=O)c3c(C)cccc3C)CC2)CC1. The molecule has 4 rings (SSSR count). The van der Waals surface area contributed by atoms with E-state index in [0.717, 1.165) is 79.8 Å². The Kier molecular flexibility index (Phi) is 8.35. The number of hydrogen-bond acceptors (Lipinski definition) is 5. The summed E-state index contributed by atoms with van der Waals surface area (Å²) in [4.78, 5) is 22.9. The van der Waals surface area contributed by atoms with Gasteiger partial charge in [0, 0.05) is 30.1 Å². The molecule has 1 amide bonds. The van der Waals surface area contributed by atoms with E-state index in [9.17, 15) is 18.0 Å². The van der Waals surface area contributed by atoms with Gasteiger partial charge in [0.25, 0.3) is 5.91 Å². The third-order valence-electron chi connectivity index (χ3n) is 8.04. The summed E-state index contributed by atoms with van der Waals surface area (Å²) in [5.74, 6) is -0.00789. The predicted octanol–water partition coefficient (Wildman–Crippen LogP) is 5.96. The van der Waals surface area contributed by atoms with Crippen LogP contribution in [0.5, 0.6) is 5.75 Å². The van der Waals surface area contributed by atoms with Crippen molar-refractivity contribution >= 4 is 11.6 Å². The quantitative estimate of drug-likeness (QED) is 0.341. The number of oxime groups is 1. The van der Waals surface area contributed by atoms with Gasteiger partial charge in [0.05, 0.1) is 5.71 Å². The Morgan fingerprint density at radius 1 is 0.974 bits per heavy atom. The predicted molar refractivity (Wildman–Crippen MR) is 140 cm³/mol. The Hall–Kier alpha value is -3.07. The lowest BCUT2D eigenvalue weighted by molar-refractivity contribution is -0.274. The zero-order valence-corrected chi connectivity index (χ0v) is 22.5. The highest BCUT2D eigenvalue weighted by Crippen LogP contribution is 2.34. The van der Waals surface area contributed by atoms with Crippen LogP contribution in [0.2, 0.25) is 0 Å². The van der Waals surface area contributed by atoms with Crippen LogP contribution in [0.25, 0.3) is 0 Å². The number of amides is 1. The van der Waals surface area contributed by atoms with Crippen LogP contribution in [0.4, 0.5) is 13.2 Å². The third kappa shape index (κ3) is 6.31. The Balaban J connectivity index is 1.36. The lowest BCUT2D eigenvalue weighted by atomic mass is 9.82. The number of alkyl halides is 3. The summed E-state index contributed by atoms with van der Waals surface area (Å²) in [6, 6.07) is 11.8. The highest BCUT2D eigenvalue weighted by atomic mass is 19.4. The highest BCUT2D eigenvalue weighted by Gasteiger charge is 2.39. The van der Waals surface area contributed by atoms with Crippen LogP contribution in [0, 0.1) is 19.8 Å². The molecule has 2 aliphatic heterocycles. The number of carbonyl (C=O) groups excluding carboxylic acids is 1. The number of rotatable bonds is 6. The van der Waals surface area contributed by atoms with Crippen molar-refractivity contribution in [2.45, 2.75) is 58.4 Å². The Morgan fingerprint density at radius 2 is 1.55 bits per heavy atom. The van der Waals surface area contributed by atoms with Crippen molar-refractivity contribution in [1.29, 1.82) is 0 Å². The number of nitrogens with zero attached hydrogens (tertiary/aromatic N) is 3. The standard InChI is InChI=1S/C29H36F3N3O3/c1-20-6-5-7-21(2)25(20)27(36)34-18-14-28(3,15-19-34)35-16-12-23(13-17-35)26(33-37-4)22-8-10-24(11-9-22)38-29(30,31)32/h5-11,23H,12-19H2,1-4H3/b33-26+. The van der Waals surface area contributed by atoms with Crippen LogP contribution in [0.3, 0.4) is 0 Å². The average molecular weight is 532 g/mol. The van der Waals surface area contributed by atoms with Gasteiger partial charge in [0.1, 0.15) is 12.9 Å². The van der Waals surface area contributed by atoms with E-state index in [2.05, 4.69) is 21.7 Å². The van der Waals surface area contributed by atoms with E-state index in [1.54, 1.807) is 12.1 Å². The molecule has 2 saturated heterocycles. The van der Waals surface area contributed by atoms with Crippen LogP contribution in [0.15, 0.2) is 47.6 Å². The van der Waals surface area contributed by atoms with Gasteiger partial charge in [-0.25, -0.2) is 0 Å². The highest BCUT2D eigenvalue weighted by molar-refractivity contribution is 6.02. The normalized spacial score (nSPS) is 19.3. The molecule has 0 bridgehead atoms. The molecule has 0 N–H and O–H groups in total. The van der Waals surface area contributed by atoms with Crippen molar-refractivity contribution in [3.8, 4) is 5.75 Å². The van der Waals surface area contributed by atoms with Crippen LogP contribution in [0.1, 0.15) is 59.7 Å². The number of hydrogen-bond donors (Lipinski definition) is 0. The first-order valence-electron chi connectivity index (χ1n) is 13.1. The zero-order valence-electron chi connectivity index (χ0n) is 22.5. The van der Waals surface area contributed by atoms with E-state index in [1.165, 1.54) is 19.2 Å². The molecule has 0 radical (unpaired) electrons. The second-order valence-corrected chi connectivity index (χ2v) is 10.5. The van der Waals surface area contributed by atoms with Gasteiger partial charge in [-0.05, 0) is 100 Å². The first-order valence-corrected chi connectivity index (χ1v) is 13.1. The lowest BCUT2D eigenvalue weighted by Gasteiger charge is -2.49. The molecule has 2 aromatic carbocycles. The summed E-state index contributed by atoms with van der Waals surface area (Å²) >= 11 is 0. The van der Waals surface area contributed by atoms with E-state index in [1.807, 2.05) is 36.9 Å². The molecule has 206 valence electrons. The van der Waals surface area contributed by atoms with Gasteiger partial charge in [0.2, 0.25) is 0 Å². The van der Waals surface area contributed by atoms with Gasteiger partial charge in [0.15, 0.2) is 0 Å². The summed E-state index contributed by atoms with van der Waals surface area (Å²) in [5, 5.41) is 4.24. The zero-order chi connectivity index (χ0) is 27.5. The molecule has 0 unspecified atom stereocenters. The van der Waals surface area contributed by atoms with Gasteiger partial charge in [-0.2, -0.15) is 0 Å². The summed E-state index contributed by atoms with van der Waals surface area (Å²) < 4.78 is 41.5. The first kappa shape index (κ1) is 28.0. The molecule has 2 aliphatic rings. The number of piperidine rings is 2. The molecule has 2 fully saturated rings. The molecule has 0 saturated carbocycles. The first-order chi connectivity index (χ1) is 18.0. The maximum atomic E-state index is 13.3. The maximum Gasteiger partial charge on any atom is 0.573 e. The second kappa shape index (κ2) is 11.4. The maximum absolute atomic E-state index is 13.3. The van der Waals surface area contributed by atoms with Gasteiger partial charge < -0.3 is 14.5 Å². The minimum atomic E-state index is -4.73. The van der Waals surface area contributed by atoms with Crippen LogP contribution in [-0.2, 0) is 4.84 Å². The topological polar surface area (TPSA) is 54.4 Å². The number of benzene rings is 2. The molecule has 0 spiro atoms. The van der Waals surface area contributed by atoms with Gasteiger partial charge >= 0.3 is 6.36 Å². The number of carbonyl (C=O) groups is 1. The van der Waals surface area contributed by atoms with Crippen molar-refractivity contribution in [2.75, 3.05) is 33.3 Å². The van der Waals surface area contributed by atoms with Crippen LogP contribution < -0.4 is 4.74 Å². The van der Waals surface area contributed by atoms with Crippen molar-refractivity contribution in [3.05, 3.63) is 64.7 Å². The van der Waals surface area contributed by atoms with E-state index in [4.69, 9.17) is 4.84 Å². The fourth-order valence-corrected chi connectivity index (χ4v) is 5.80. The molecule has 0 atom stereocenters. The van der Waals surface area contributed by atoms with Crippen molar-refractivity contribution in [1.82, 2.24) is 9.80 Å². The summed E-state index contributed by atoms with van der Waals surface area (Å²) in [5.41, 5.74) is 4.33. The number of likely N-dealkylation sites (tertiary alicyclic amines) is 2. The van der Waals surface area contributed by atoms with Gasteiger partial charge in [-0.15, -0.1) is 13.2 Å². The Bertz CT molecular complexity index is 1130. The average Bonchev–Trinajstić information content (AvgIpc) is 2.87. The molecule has 38 heavy (non-hydrogen) atoms. The third-order valence-corrected chi connectivity index (χ3v) is 8.04. The van der Waals surface area contributed by atoms with E-state index in [-0.39, 0.29) is 23.1 Å². The molecule has 0 aromatic heterocycles. The second-order valence-electron chi connectivity index (χ2n) is 10.5. The fraction of sp³-hybridized carbons (Fsp3) is 0.517. The van der Waals surface area contributed by atoms with Crippen molar-refractivity contribution in [3.63, 3.8) is 0 Å². The molecule has 2 aromatic rings. The minimum absolute atomic E-state index is 0.0116. The summed E-state index contributed by atoms with van der Waals surface area (Å²) in [6.45, 7) is 9.48. The van der Waals surface area contributed by atoms with E-state index < -0.39 is 6.36 Å². The number of ether oxygens (including phenoxy) is 1. The molecular weight excluding hydrogens is 495 g/mol. The summed E-state index contributed by atoms with van der Waals surface area (Å²) in [7, 11) is 1.48. The van der Waals surface area contributed by atoms with E-state index in [0.29, 0.717) is 0 Å². The monoisotopic (exact) mass is 531 g/mol.